The zero-order chi connectivity index (χ0) is 17.5. The fourth-order valence-corrected chi connectivity index (χ4v) is 3.53. The van der Waals surface area contributed by atoms with Gasteiger partial charge in [-0.15, -0.1) is 11.3 Å². The molecule has 1 aliphatic rings. The van der Waals surface area contributed by atoms with Gasteiger partial charge in [-0.1, -0.05) is 6.07 Å². The van der Waals surface area contributed by atoms with Crippen LogP contribution in [-0.2, 0) is 27.1 Å². The average molecular weight is 380 g/mol. The molecule has 10 heteroatoms. The van der Waals surface area contributed by atoms with Crippen molar-refractivity contribution in [3.63, 3.8) is 0 Å². The Hall–Kier alpha value is -1.78. The smallest absolute Gasteiger partial charge is 0.425 e. The van der Waals surface area contributed by atoms with E-state index in [1.54, 1.807) is 18.2 Å². The molecule has 0 saturated carbocycles. The number of hydrogen-bond donors (Lipinski definition) is 0. The maximum absolute atomic E-state index is 13.2. The molecule has 0 N–H and O–H groups in total. The number of fused-ring (bicyclic) bond motifs is 1. The van der Waals surface area contributed by atoms with Crippen molar-refractivity contribution in [3.05, 3.63) is 34.0 Å². The lowest BCUT2D eigenvalue weighted by Gasteiger charge is -2.10. The molecule has 2 heterocycles. The van der Waals surface area contributed by atoms with Gasteiger partial charge in [0.1, 0.15) is 4.88 Å². The maximum atomic E-state index is 13.2. The quantitative estimate of drug-likeness (QED) is 0.758. The normalized spacial score (nSPS) is 14.2. The summed E-state index contributed by atoms with van der Waals surface area (Å²) in [5, 5.41) is 1.32. The van der Waals surface area contributed by atoms with Crippen LogP contribution in [-0.4, -0.2) is 21.5 Å². The zero-order valence-corrected chi connectivity index (χ0v) is 13.8. The summed E-state index contributed by atoms with van der Waals surface area (Å²) in [6.45, 7) is -0.652. The van der Waals surface area contributed by atoms with Crippen LogP contribution in [0.3, 0.4) is 0 Å². The standard InChI is InChI=1S/C14H11F3O5S2/c1-24(18,19)22-5-9-10(6-23-13(9)14(15,16)17)8-2-3-11-12(4-8)21-7-20-11/h2-4,6H,5,7H2,1H3. The van der Waals surface area contributed by atoms with Crippen molar-refractivity contribution in [1.82, 2.24) is 0 Å². The number of thiophene rings is 1. The van der Waals surface area contributed by atoms with Gasteiger partial charge in [0.05, 0.1) is 12.9 Å². The van der Waals surface area contributed by atoms with Gasteiger partial charge in [-0.3, -0.25) is 4.18 Å². The zero-order valence-electron chi connectivity index (χ0n) is 12.2. The predicted octanol–water partition coefficient (Wildman–Crippen LogP) is 3.64. The Morgan fingerprint density at radius 3 is 2.62 bits per heavy atom. The lowest BCUT2D eigenvalue weighted by atomic mass is 10.0. The largest absolute Gasteiger partial charge is 0.454 e. The van der Waals surface area contributed by atoms with Gasteiger partial charge >= 0.3 is 6.18 Å². The lowest BCUT2D eigenvalue weighted by molar-refractivity contribution is -0.135. The molecule has 0 spiro atoms. The minimum absolute atomic E-state index is 0.0419. The molecule has 2 aromatic rings. The van der Waals surface area contributed by atoms with E-state index >= 15 is 0 Å². The summed E-state index contributed by atoms with van der Waals surface area (Å²) in [7, 11) is -3.88. The third-order valence-electron chi connectivity index (χ3n) is 3.25. The highest BCUT2D eigenvalue weighted by atomic mass is 32.2. The number of rotatable bonds is 4. The first-order chi connectivity index (χ1) is 11.1. The molecule has 0 atom stereocenters. The molecule has 5 nitrogen and oxygen atoms in total. The van der Waals surface area contributed by atoms with Gasteiger partial charge in [-0.2, -0.15) is 21.6 Å². The summed E-state index contributed by atoms with van der Waals surface area (Å²) >= 11 is 0.490. The van der Waals surface area contributed by atoms with Gasteiger partial charge in [0, 0.05) is 5.56 Å². The molecule has 0 aliphatic carbocycles. The molecule has 0 amide bonds. The number of benzene rings is 1. The van der Waals surface area contributed by atoms with Crippen molar-refractivity contribution < 1.29 is 35.2 Å². The van der Waals surface area contributed by atoms with Crippen LogP contribution in [0.15, 0.2) is 23.6 Å². The van der Waals surface area contributed by atoms with Crippen LogP contribution in [0.2, 0.25) is 0 Å². The van der Waals surface area contributed by atoms with E-state index in [0.29, 0.717) is 28.4 Å². The van der Waals surface area contributed by atoms with E-state index in [-0.39, 0.29) is 17.9 Å². The van der Waals surface area contributed by atoms with E-state index in [1.165, 1.54) is 5.38 Å². The average Bonchev–Trinajstić information content (AvgIpc) is 3.09. The van der Waals surface area contributed by atoms with Crippen molar-refractivity contribution in [2.75, 3.05) is 13.0 Å². The molecule has 0 unspecified atom stereocenters. The molecular weight excluding hydrogens is 369 g/mol. The summed E-state index contributed by atoms with van der Waals surface area (Å²) in [5.41, 5.74) is 0.476. The van der Waals surface area contributed by atoms with Crippen LogP contribution < -0.4 is 9.47 Å². The fraction of sp³-hybridized carbons (Fsp3) is 0.286. The Labute approximate surface area is 139 Å². The summed E-state index contributed by atoms with van der Waals surface area (Å²) in [6, 6.07) is 4.72. The van der Waals surface area contributed by atoms with Crippen LogP contribution in [0, 0.1) is 0 Å². The van der Waals surface area contributed by atoms with Crippen LogP contribution >= 0.6 is 11.3 Å². The summed E-state index contributed by atoms with van der Waals surface area (Å²) in [5.74, 6) is 0.918. The van der Waals surface area contributed by atoms with Crippen molar-refractivity contribution in [3.8, 4) is 22.6 Å². The van der Waals surface area contributed by atoms with E-state index in [9.17, 15) is 21.6 Å². The molecule has 3 rings (SSSR count). The molecule has 1 aromatic heterocycles. The molecule has 1 aliphatic heterocycles. The summed E-state index contributed by atoms with van der Waals surface area (Å²) in [6.07, 6.45) is -3.82. The third kappa shape index (κ3) is 3.50. The summed E-state index contributed by atoms with van der Waals surface area (Å²) < 4.78 is 76.8. The minimum atomic E-state index is -4.60. The highest BCUT2D eigenvalue weighted by Crippen LogP contribution is 2.44. The molecule has 0 fully saturated rings. The fourth-order valence-electron chi connectivity index (χ4n) is 2.24. The number of hydrogen-bond acceptors (Lipinski definition) is 6. The Morgan fingerprint density at radius 2 is 1.96 bits per heavy atom. The molecule has 0 saturated heterocycles. The monoisotopic (exact) mass is 380 g/mol. The van der Waals surface area contributed by atoms with Crippen molar-refractivity contribution >= 4 is 21.5 Å². The van der Waals surface area contributed by atoms with E-state index in [0.717, 1.165) is 6.26 Å². The second kappa shape index (κ2) is 5.94. The van der Waals surface area contributed by atoms with Crippen molar-refractivity contribution in [2.24, 2.45) is 0 Å². The highest BCUT2D eigenvalue weighted by Gasteiger charge is 2.37. The number of ether oxygens (including phenoxy) is 2. The van der Waals surface area contributed by atoms with Crippen LogP contribution in [0.1, 0.15) is 10.4 Å². The van der Waals surface area contributed by atoms with Crippen molar-refractivity contribution in [1.29, 1.82) is 0 Å². The van der Waals surface area contributed by atoms with E-state index < -0.39 is 27.8 Å². The van der Waals surface area contributed by atoms with Gasteiger partial charge in [0.2, 0.25) is 6.79 Å². The molecule has 130 valence electrons. The van der Waals surface area contributed by atoms with E-state index in [2.05, 4.69) is 4.18 Å². The molecule has 24 heavy (non-hydrogen) atoms. The SMILES string of the molecule is CS(=O)(=O)OCc1c(-c2ccc3c(c2)OCO3)csc1C(F)(F)F. The molecular formula is C14H11F3O5S2. The van der Waals surface area contributed by atoms with Gasteiger partial charge in [0.15, 0.2) is 11.5 Å². The second-order valence-corrected chi connectivity index (χ2v) is 7.51. The molecule has 1 aromatic carbocycles. The van der Waals surface area contributed by atoms with Gasteiger partial charge in [0.25, 0.3) is 10.1 Å². The topological polar surface area (TPSA) is 61.8 Å². The second-order valence-electron chi connectivity index (χ2n) is 4.99. The summed E-state index contributed by atoms with van der Waals surface area (Å²) in [4.78, 5) is -0.890. The Balaban J connectivity index is 2.05. The number of alkyl halides is 3. The van der Waals surface area contributed by atoms with Crippen molar-refractivity contribution in [2.45, 2.75) is 12.8 Å². The van der Waals surface area contributed by atoms with Gasteiger partial charge < -0.3 is 9.47 Å². The first kappa shape index (κ1) is 17.1. The van der Waals surface area contributed by atoms with Gasteiger partial charge in [-0.05, 0) is 28.6 Å². The Bertz CT molecular complexity index is 871. The maximum Gasteiger partial charge on any atom is 0.425 e. The molecule has 0 radical (unpaired) electrons. The third-order valence-corrected chi connectivity index (χ3v) is 4.87. The van der Waals surface area contributed by atoms with E-state index in [1.807, 2.05) is 0 Å². The van der Waals surface area contributed by atoms with E-state index in [4.69, 9.17) is 9.47 Å². The Kier molecular flexibility index (Phi) is 4.22. The highest BCUT2D eigenvalue weighted by molar-refractivity contribution is 7.85. The lowest BCUT2D eigenvalue weighted by Crippen LogP contribution is -2.09. The minimum Gasteiger partial charge on any atom is -0.454 e. The van der Waals surface area contributed by atoms with Crippen LogP contribution in [0.25, 0.3) is 11.1 Å². The Morgan fingerprint density at radius 1 is 1.25 bits per heavy atom. The molecule has 0 bridgehead atoms. The number of halogens is 3. The van der Waals surface area contributed by atoms with Gasteiger partial charge in [-0.25, -0.2) is 0 Å². The first-order valence-electron chi connectivity index (χ1n) is 6.57. The first-order valence-corrected chi connectivity index (χ1v) is 9.27. The van der Waals surface area contributed by atoms with Crippen LogP contribution in [0.5, 0.6) is 11.5 Å². The predicted molar refractivity (Wildman–Crippen MR) is 80.5 cm³/mol. The van der Waals surface area contributed by atoms with Crippen LogP contribution in [0.4, 0.5) is 13.2 Å².